The Labute approximate surface area is 114 Å². The normalized spacial score (nSPS) is 10.5. The van der Waals surface area contributed by atoms with Crippen molar-refractivity contribution < 1.29 is 0 Å². The van der Waals surface area contributed by atoms with Crippen LogP contribution in [0.2, 0.25) is 5.02 Å². The molecule has 0 amide bonds. The minimum atomic E-state index is 0.333. The Balaban J connectivity index is 2.37. The van der Waals surface area contributed by atoms with Crippen molar-refractivity contribution >= 4 is 28.6 Å². The molecule has 0 aliphatic heterocycles. The number of aromatic nitrogens is 2. The molecule has 0 fully saturated rings. The molecule has 3 rings (SSSR count). The third-order valence-electron chi connectivity index (χ3n) is 2.90. The van der Waals surface area contributed by atoms with Crippen molar-refractivity contribution in [2.24, 2.45) is 0 Å². The van der Waals surface area contributed by atoms with E-state index < -0.39 is 0 Å². The van der Waals surface area contributed by atoms with E-state index in [2.05, 4.69) is 11.1 Å². The highest BCUT2D eigenvalue weighted by atomic mass is 35.5. The summed E-state index contributed by atoms with van der Waals surface area (Å²) < 4.78 is 1.78. The van der Waals surface area contributed by atoms with Crippen LogP contribution in [0.5, 0.6) is 0 Å². The van der Waals surface area contributed by atoms with Crippen molar-refractivity contribution in [1.29, 1.82) is 5.26 Å². The number of para-hydroxylation sites is 1. The summed E-state index contributed by atoms with van der Waals surface area (Å²) in [6.45, 7) is 0. The molecule has 0 bridgehead atoms. The maximum Gasteiger partial charge on any atom is 0.205 e. The standard InChI is InChI=1S/C14H9ClN4/c15-10-4-2-5-11(7-10)19-12-6-1-3-9(8-16)13(12)18-14(19)17/h1-7H,(H2,17,18). The van der Waals surface area contributed by atoms with Gasteiger partial charge in [-0.3, -0.25) is 4.57 Å². The molecule has 0 aliphatic carbocycles. The molecule has 4 nitrogen and oxygen atoms in total. The van der Waals surface area contributed by atoms with Gasteiger partial charge < -0.3 is 5.73 Å². The topological polar surface area (TPSA) is 67.6 Å². The van der Waals surface area contributed by atoms with Crippen molar-refractivity contribution in [3.05, 3.63) is 53.1 Å². The van der Waals surface area contributed by atoms with Crippen LogP contribution in [0.3, 0.4) is 0 Å². The van der Waals surface area contributed by atoms with Crippen LogP contribution < -0.4 is 5.73 Å². The first-order valence-corrected chi connectivity index (χ1v) is 6.01. The molecule has 0 saturated heterocycles. The smallest absolute Gasteiger partial charge is 0.205 e. The van der Waals surface area contributed by atoms with Crippen molar-refractivity contribution in [3.8, 4) is 11.8 Å². The summed E-state index contributed by atoms with van der Waals surface area (Å²) in [5.74, 6) is 0.333. The lowest BCUT2D eigenvalue weighted by molar-refractivity contribution is 1.11. The van der Waals surface area contributed by atoms with Crippen molar-refractivity contribution in [2.75, 3.05) is 5.73 Å². The Morgan fingerprint density at radius 2 is 2.00 bits per heavy atom. The maximum absolute atomic E-state index is 9.09. The molecule has 0 aliphatic rings. The Morgan fingerprint density at radius 3 is 2.74 bits per heavy atom. The van der Waals surface area contributed by atoms with Crippen LogP contribution in [0.4, 0.5) is 5.95 Å². The second-order valence-corrected chi connectivity index (χ2v) is 4.51. The number of halogens is 1. The van der Waals surface area contributed by atoms with Gasteiger partial charge in [-0.15, -0.1) is 0 Å². The van der Waals surface area contributed by atoms with Gasteiger partial charge in [-0.2, -0.15) is 5.26 Å². The minimum Gasteiger partial charge on any atom is -0.369 e. The average Bonchev–Trinajstić information content (AvgIpc) is 2.74. The molecule has 2 aromatic carbocycles. The van der Waals surface area contributed by atoms with Gasteiger partial charge in [0.25, 0.3) is 0 Å². The average molecular weight is 269 g/mol. The van der Waals surface area contributed by atoms with Crippen molar-refractivity contribution in [2.45, 2.75) is 0 Å². The Morgan fingerprint density at radius 1 is 1.21 bits per heavy atom. The summed E-state index contributed by atoms with van der Waals surface area (Å²) in [6, 6.07) is 14.9. The molecular formula is C14H9ClN4. The number of anilines is 1. The second-order valence-electron chi connectivity index (χ2n) is 4.07. The number of hydrogen-bond acceptors (Lipinski definition) is 3. The van der Waals surface area contributed by atoms with Gasteiger partial charge in [0.1, 0.15) is 11.6 Å². The van der Waals surface area contributed by atoms with Crippen LogP contribution >= 0.6 is 11.6 Å². The minimum absolute atomic E-state index is 0.333. The van der Waals surface area contributed by atoms with E-state index in [1.807, 2.05) is 24.3 Å². The number of nitrogen functional groups attached to an aromatic ring is 1. The first-order chi connectivity index (χ1) is 9.20. The van der Waals surface area contributed by atoms with Crippen LogP contribution in [-0.2, 0) is 0 Å². The second kappa shape index (κ2) is 4.30. The third-order valence-corrected chi connectivity index (χ3v) is 3.13. The monoisotopic (exact) mass is 268 g/mol. The molecule has 0 spiro atoms. The molecule has 92 valence electrons. The summed E-state index contributed by atoms with van der Waals surface area (Å²) in [4.78, 5) is 4.27. The van der Waals surface area contributed by atoms with Gasteiger partial charge in [0.15, 0.2) is 0 Å². The van der Waals surface area contributed by atoms with Gasteiger partial charge in [-0.25, -0.2) is 4.98 Å². The van der Waals surface area contributed by atoms with Gasteiger partial charge >= 0.3 is 0 Å². The lowest BCUT2D eigenvalue weighted by Gasteiger charge is -2.06. The number of hydrogen-bond donors (Lipinski definition) is 1. The molecule has 0 radical (unpaired) electrons. The van der Waals surface area contributed by atoms with E-state index in [0.29, 0.717) is 22.1 Å². The van der Waals surface area contributed by atoms with E-state index >= 15 is 0 Å². The van der Waals surface area contributed by atoms with Crippen LogP contribution in [0.15, 0.2) is 42.5 Å². The van der Waals surface area contributed by atoms with E-state index in [4.69, 9.17) is 22.6 Å². The third kappa shape index (κ3) is 1.81. The zero-order valence-corrected chi connectivity index (χ0v) is 10.6. The highest BCUT2D eigenvalue weighted by Gasteiger charge is 2.12. The SMILES string of the molecule is N#Cc1cccc2c1nc(N)n2-c1cccc(Cl)c1. The zero-order valence-electron chi connectivity index (χ0n) is 9.84. The van der Waals surface area contributed by atoms with Gasteiger partial charge in [0.2, 0.25) is 5.95 Å². The summed E-state index contributed by atoms with van der Waals surface area (Å²) in [5.41, 5.74) is 8.67. The summed E-state index contributed by atoms with van der Waals surface area (Å²) in [7, 11) is 0. The summed E-state index contributed by atoms with van der Waals surface area (Å²) in [6.07, 6.45) is 0. The van der Waals surface area contributed by atoms with E-state index in [1.54, 1.807) is 22.8 Å². The highest BCUT2D eigenvalue weighted by Crippen LogP contribution is 2.26. The number of rotatable bonds is 1. The highest BCUT2D eigenvalue weighted by molar-refractivity contribution is 6.30. The molecule has 19 heavy (non-hydrogen) atoms. The molecule has 1 heterocycles. The largest absolute Gasteiger partial charge is 0.369 e. The van der Waals surface area contributed by atoms with Crippen molar-refractivity contribution in [1.82, 2.24) is 9.55 Å². The Hall–Kier alpha value is -2.51. The van der Waals surface area contributed by atoms with Crippen LogP contribution in [0, 0.1) is 11.3 Å². The molecule has 0 atom stereocenters. The van der Waals surface area contributed by atoms with Gasteiger partial charge in [0, 0.05) is 5.02 Å². The fourth-order valence-corrected chi connectivity index (χ4v) is 2.28. The van der Waals surface area contributed by atoms with Crippen molar-refractivity contribution in [3.63, 3.8) is 0 Å². The van der Waals surface area contributed by atoms with Crippen LogP contribution in [0.1, 0.15) is 5.56 Å². The van der Waals surface area contributed by atoms with Gasteiger partial charge in [-0.1, -0.05) is 23.7 Å². The molecule has 1 aromatic heterocycles. The first-order valence-electron chi connectivity index (χ1n) is 5.63. The molecule has 2 N–H and O–H groups in total. The van der Waals surface area contributed by atoms with Crippen LogP contribution in [-0.4, -0.2) is 9.55 Å². The summed E-state index contributed by atoms with van der Waals surface area (Å²) >= 11 is 6.00. The number of nitriles is 1. The number of fused-ring (bicyclic) bond motifs is 1. The number of nitrogens with zero attached hydrogens (tertiary/aromatic N) is 3. The molecule has 3 aromatic rings. The Kier molecular flexibility index (Phi) is 2.62. The maximum atomic E-state index is 9.09. The van der Waals surface area contributed by atoms with Gasteiger partial charge in [-0.05, 0) is 30.3 Å². The fraction of sp³-hybridized carbons (Fsp3) is 0. The van der Waals surface area contributed by atoms with E-state index in [9.17, 15) is 0 Å². The Bertz CT molecular complexity index is 814. The summed E-state index contributed by atoms with van der Waals surface area (Å²) in [5, 5.41) is 9.71. The molecule has 5 heteroatoms. The number of benzene rings is 2. The van der Waals surface area contributed by atoms with E-state index in [-0.39, 0.29) is 0 Å². The van der Waals surface area contributed by atoms with E-state index in [0.717, 1.165) is 11.2 Å². The van der Waals surface area contributed by atoms with E-state index in [1.165, 1.54) is 0 Å². The van der Waals surface area contributed by atoms with Gasteiger partial charge in [0.05, 0.1) is 16.8 Å². The lowest BCUT2D eigenvalue weighted by Crippen LogP contribution is -2.00. The lowest BCUT2D eigenvalue weighted by atomic mass is 10.2. The quantitative estimate of drug-likeness (QED) is 0.737. The van der Waals surface area contributed by atoms with Crippen LogP contribution in [0.25, 0.3) is 16.7 Å². The number of imidazole rings is 1. The number of nitrogens with two attached hydrogens (primary N) is 1. The predicted molar refractivity (Wildman–Crippen MR) is 75.2 cm³/mol. The predicted octanol–water partition coefficient (Wildman–Crippen LogP) is 3.13. The molecule has 0 saturated carbocycles. The first kappa shape index (κ1) is 11.6. The molecular weight excluding hydrogens is 260 g/mol. The fourth-order valence-electron chi connectivity index (χ4n) is 2.09. The zero-order chi connectivity index (χ0) is 13.4. The molecule has 0 unspecified atom stereocenters.